The molecule has 3 N–H and O–H groups in total. The third-order valence-electron chi connectivity index (χ3n) is 5.44. The highest BCUT2D eigenvalue weighted by Crippen LogP contribution is 2.21. The van der Waals surface area contributed by atoms with Crippen molar-refractivity contribution in [2.24, 2.45) is 0 Å². The average Bonchev–Trinajstić information content (AvgIpc) is 3.29. The van der Waals surface area contributed by atoms with Crippen molar-refractivity contribution in [2.75, 3.05) is 5.32 Å². The number of nitrogens with one attached hydrogen (secondary N) is 3. The summed E-state index contributed by atoms with van der Waals surface area (Å²) in [6.07, 6.45) is 3.53. The number of benzene rings is 2. The first-order valence-electron chi connectivity index (χ1n) is 10.9. The van der Waals surface area contributed by atoms with Crippen LogP contribution in [0.25, 0.3) is 0 Å². The molecule has 2 atom stereocenters. The second-order valence-corrected chi connectivity index (χ2v) is 9.76. The Morgan fingerprint density at radius 2 is 1.74 bits per heavy atom. The quantitative estimate of drug-likeness (QED) is 0.363. The molecular formula is C24H24Cl2N4O3S. The monoisotopic (exact) mass is 518 g/mol. The molecular weight excluding hydrogens is 495 g/mol. The zero-order chi connectivity index (χ0) is 23.9. The van der Waals surface area contributed by atoms with Gasteiger partial charge >= 0.3 is 6.03 Å². The number of halogens is 2. The summed E-state index contributed by atoms with van der Waals surface area (Å²) in [6.45, 7) is 0.261. The zero-order valence-corrected chi connectivity index (χ0v) is 20.6. The lowest BCUT2D eigenvalue weighted by Crippen LogP contribution is -2.54. The first kappa shape index (κ1) is 24.3. The van der Waals surface area contributed by atoms with E-state index in [0.29, 0.717) is 32.2 Å². The summed E-state index contributed by atoms with van der Waals surface area (Å²) in [7, 11) is 0. The van der Waals surface area contributed by atoms with Gasteiger partial charge in [-0.3, -0.25) is 4.79 Å². The number of carbonyl (C=O) groups excluding carboxylic acids is 2. The van der Waals surface area contributed by atoms with Crippen LogP contribution in [0, 0.1) is 0 Å². The Kier molecular flexibility index (Phi) is 8.26. The average molecular weight is 519 g/mol. The topological polar surface area (TPSA) is 92.4 Å². The smallest absolute Gasteiger partial charge is 0.319 e. The number of anilines is 1. The normalized spacial score (nSPS) is 17.6. The van der Waals surface area contributed by atoms with Crippen LogP contribution in [0.5, 0.6) is 5.75 Å². The molecule has 1 fully saturated rings. The van der Waals surface area contributed by atoms with Crippen LogP contribution in [0.15, 0.2) is 53.9 Å². The minimum atomic E-state index is -0.330. The van der Waals surface area contributed by atoms with Gasteiger partial charge in [-0.25, -0.2) is 9.78 Å². The van der Waals surface area contributed by atoms with Gasteiger partial charge in [-0.05, 0) is 55.3 Å². The molecule has 7 nitrogen and oxygen atoms in total. The number of hydrogen-bond donors (Lipinski definition) is 3. The van der Waals surface area contributed by atoms with E-state index >= 15 is 0 Å². The Bertz CT molecular complexity index is 1140. The highest BCUT2D eigenvalue weighted by atomic mass is 35.5. The number of rotatable bonds is 7. The number of urea groups is 1. The van der Waals surface area contributed by atoms with E-state index in [0.717, 1.165) is 25.7 Å². The van der Waals surface area contributed by atoms with Crippen molar-refractivity contribution in [2.45, 2.75) is 44.4 Å². The van der Waals surface area contributed by atoms with E-state index in [4.69, 9.17) is 27.9 Å². The van der Waals surface area contributed by atoms with Crippen LogP contribution in [0.4, 0.5) is 10.5 Å². The number of amides is 3. The first-order chi connectivity index (χ1) is 16.5. The summed E-state index contributed by atoms with van der Waals surface area (Å²) in [5.41, 5.74) is 0.949. The van der Waals surface area contributed by atoms with Crippen molar-refractivity contribution in [3.05, 3.63) is 74.7 Å². The van der Waals surface area contributed by atoms with Gasteiger partial charge < -0.3 is 20.7 Å². The summed E-state index contributed by atoms with van der Waals surface area (Å²) in [5, 5.41) is 12.4. The maximum absolute atomic E-state index is 12.8. The molecule has 0 bridgehead atoms. The van der Waals surface area contributed by atoms with Crippen LogP contribution in [-0.4, -0.2) is 29.0 Å². The Hall–Kier alpha value is -2.81. The summed E-state index contributed by atoms with van der Waals surface area (Å²) < 4.78 is 5.70. The Morgan fingerprint density at radius 1 is 1.00 bits per heavy atom. The molecule has 0 radical (unpaired) electrons. The van der Waals surface area contributed by atoms with E-state index in [1.165, 1.54) is 11.3 Å². The first-order valence-corrected chi connectivity index (χ1v) is 12.6. The van der Waals surface area contributed by atoms with E-state index in [-0.39, 0.29) is 30.6 Å². The summed E-state index contributed by atoms with van der Waals surface area (Å²) in [6, 6.07) is 13.3. The summed E-state index contributed by atoms with van der Waals surface area (Å²) >= 11 is 13.2. The highest BCUT2D eigenvalue weighted by Gasteiger charge is 2.28. The van der Waals surface area contributed by atoms with Gasteiger partial charge in [0.2, 0.25) is 0 Å². The van der Waals surface area contributed by atoms with Crippen LogP contribution in [0.1, 0.15) is 41.2 Å². The molecule has 1 aliphatic rings. The van der Waals surface area contributed by atoms with Crippen molar-refractivity contribution in [1.82, 2.24) is 15.6 Å². The second-order valence-electron chi connectivity index (χ2n) is 7.95. The van der Waals surface area contributed by atoms with Crippen molar-refractivity contribution >= 4 is 52.2 Å². The van der Waals surface area contributed by atoms with Crippen LogP contribution >= 0.6 is 34.5 Å². The molecule has 0 aliphatic heterocycles. The lowest BCUT2D eigenvalue weighted by molar-refractivity contribution is 0.0911. The molecule has 3 amide bonds. The van der Waals surface area contributed by atoms with E-state index < -0.39 is 0 Å². The van der Waals surface area contributed by atoms with Gasteiger partial charge in [0.1, 0.15) is 23.1 Å². The minimum Gasteiger partial charge on any atom is -0.486 e. The third-order valence-corrected chi connectivity index (χ3v) is 6.75. The largest absolute Gasteiger partial charge is 0.486 e. The number of aromatic nitrogens is 1. The van der Waals surface area contributed by atoms with E-state index in [9.17, 15) is 9.59 Å². The van der Waals surface area contributed by atoms with Gasteiger partial charge in [-0.15, -0.1) is 11.3 Å². The molecule has 178 valence electrons. The summed E-state index contributed by atoms with van der Waals surface area (Å²) in [4.78, 5) is 29.7. The number of ether oxygens (including phenoxy) is 1. The molecule has 10 heteroatoms. The van der Waals surface area contributed by atoms with E-state index in [1.54, 1.807) is 53.9 Å². The molecule has 0 spiro atoms. The molecule has 1 heterocycles. The fourth-order valence-electron chi connectivity index (χ4n) is 3.78. The van der Waals surface area contributed by atoms with Gasteiger partial charge in [0, 0.05) is 27.2 Å². The maximum atomic E-state index is 12.8. The second kappa shape index (κ2) is 11.6. The van der Waals surface area contributed by atoms with Crippen molar-refractivity contribution in [3.8, 4) is 5.75 Å². The SMILES string of the molecule is O=C(Nc1cccc(Cl)c1)N[C@@H]1CCCC[C@@H]1NC(=O)c1csc(COc2ccc(Cl)cc2)n1. The molecule has 4 rings (SSSR count). The molecule has 0 unspecified atom stereocenters. The van der Waals surface area contributed by atoms with Crippen LogP contribution < -0.4 is 20.7 Å². The lowest BCUT2D eigenvalue weighted by Gasteiger charge is -2.32. The third kappa shape index (κ3) is 6.85. The minimum absolute atomic E-state index is 0.178. The van der Waals surface area contributed by atoms with Crippen LogP contribution in [0.3, 0.4) is 0 Å². The Labute approximate surface area is 211 Å². The molecule has 2 aromatic carbocycles. The van der Waals surface area contributed by atoms with Gasteiger partial charge in [0.15, 0.2) is 0 Å². The van der Waals surface area contributed by atoms with Gasteiger partial charge in [0.05, 0.1) is 6.04 Å². The number of hydrogen-bond acceptors (Lipinski definition) is 5. The Morgan fingerprint density at radius 3 is 2.47 bits per heavy atom. The molecule has 34 heavy (non-hydrogen) atoms. The predicted molar refractivity (Wildman–Crippen MR) is 135 cm³/mol. The van der Waals surface area contributed by atoms with E-state index in [1.807, 2.05) is 0 Å². The molecule has 0 saturated heterocycles. The van der Waals surface area contributed by atoms with Crippen molar-refractivity contribution in [1.29, 1.82) is 0 Å². The Balaban J connectivity index is 1.31. The summed E-state index contributed by atoms with van der Waals surface area (Å²) in [5.74, 6) is 0.417. The highest BCUT2D eigenvalue weighted by molar-refractivity contribution is 7.09. The van der Waals surface area contributed by atoms with Crippen LogP contribution in [0.2, 0.25) is 10.0 Å². The fourth-order valence-corrected chi connectivity index (χ4v) is 4.78. The number of nitrogens with zero attached hydrogens (tertiary/aromatic N) is 1. The standard InChI is InChI=1S/C24H24Cl2N4O3S/c25-15-8-10-18(11-9-15)33-13-22-28-21(14-34-22)23(31)29-19-6-1-2-7-20(19)30-24(32)27-17-5-3-4-16(26)12-17/h3-5,8-12,14,19-20H,1-2,6-7,13H2,(H,29,31)(H2,27,30,32)/t19-,20+/m0/s1. The van der Waals surface area contributed by atoms with Gasteiger partial charge in [-0.1, -0.05) is 42.1 Å². The molecule has 1 aromatic heterocycles. The molecule has 1 aliphatic carbocycles. The van der Waals surface area contributed by atoms with E-state index in [2.05, 4.69) is 20.9 Å². The van der Waals surface area contributed by atoms with Crippen molar-refractivity contribution < 1.29 is 14.3 Å². The predicted octanol–water partition coefficient (Wildman–Crippen LogP) is 5.89. The molecule has 3 aromatic rings. The van der Waals surface area contributed by atoms with Crippen molar-refractivity contribution in [3.63, 3.8) is 0 Å². The van der Waals surface area contributed by atoms with Gasteiger partial charge in [-0.2, -0.15) is 0 Å². The number of carbonyl (C=O) groups is 2. The number of thiazole rings is 1. The lowest BCUT2D eigenvalue weighted by atomic mass is 9.90. The fraction of sp³-hybridized carbons (Fsp3) is 0.292. The van der Waals surface area contributed by atoms with Gasteiger partial charge in [0.25, 0.3) is 5.91 Å². The maximum Gasteiger partial charge on any atom is 0.319 e. The zero-order valence-electron chi connectivity index (χ0n) is 18.2. The van der Waals surface area contributed by atoms with Crippen LogP contribution in [-0.2, 0) is 6.61 Å². The molecule has 1 saturated carbocycles.